The summed E-state index contributed by atoms with van der Waals surface area (Å²) >= 11 is 4.88. The first-order chi connectivity index (χ1) is 18.3. The summed E-state index contributed by atoms with van der Waals surface area (Å²) in [7, 11) is 11.3. The Balaban J connectivity index is 0.000000186. The number of aromatic nitrogens is 2. The second-order valence-electron chi connectivity index (χ2n) is 8.33. The van der Waals surface area contributed by atoms with E-state index in [0.29, 0.717) is 0 Å². The third-order valence-electron chi connectivity index (χ3n) is 5.12. The Labute approximate surface area is 257 Å². The van der Waals surface area contributed by atoms with Gasteiger partial charge in [-0.2, -0.15) is 6.42 Å². The van der Waals surface area contributed by atoms with Crippen LogP contribution in [0.3, 0.4) is 0 Å². The van der Waals surface area contributed by atoms with Gasteiger partial charge < -0.3 is 4.90 Å². The molecule has 0 N–H and O–H groups in total. The van der Waals surface area contributed by atoms with Crippen molar-refractivity contribution in [1.82, 2.24) is 9.97 Å². The van der Waals surface area contributed by atoms with Crippen molar-refractivity contribution >= 4 is 61.5 Å². The molecule has 1 aliphatic heterocycles. The summed E-state index contributed by atoms with van der Waals surface area (Å²) in [4.78, 5) is 10.1. The SMILES string of the molecule is Brc1cccnc1.Brc1cccnc1.Cc1cc(C)c(N2[CH-]CCC2)c(C)c1.[Cl][Ru]([Cl])=[CH]c1ccccc1. The van der Waals surface area contributed by atoms with Crippen LogP contribution in [0.5, 0.6) is 0 Å². The first-order valence-electron chi connectivity index (χ1n) is 11.9. The molecule has 0 aliphatic carbocycles. The molecule has 4 aromatic rings. The Bertz CT molecular complexity index is 1170. The third-order valence-corrected chi connectivity index (χ3v) is 7.93. The molecule has 0 radical (unpaired) electrons. The van der Waals surface area contributed by atoms with Crippen LogP contribution in [0, 0.1) is 27.3 Å². The van der Waals surface area contributed by atoms with Gasteiger partial charge in [-0.1, -0.05) is 24.1 Å². The molecule has 1 saturated heterocycles. The number of nitrogens with zero attached hydrogens (tertiary/aromatic N) is 3. The number of anilines is 1. The summed E-state index contributed by atoms with van der Waals surface area (Å²) in [6.07, 6.45) is 9.51. The summed E-state index contributed by atoms with van der Waals surface area (Å²) in [5.41, 5.74) is 6.71. The van der Waals surface area contributed by atoms with Crippen LogP contribution >= 0.6 is 51.2 Å². The predicted octanol–water partition coefficient (Wildman–Crippen LogP) is 9.82. The Morgan fingerprint density at radius 2 is 1.39 bits per heavy atom. The molecule has 1 fully saturated rings. The van der Waals surface area contributed by atoms with Crippen molar-refractivity contribution in [2.75, 3.05) is 11.4 Å². The van der Waals surface area contributed by atoms with E-state index in [2.05, 4.69) is 86.2 Å². The summed E-state index contributed by atoms with van der Waals surface area (Å²) in [5.74, 6) is 0. The molecule has 0 saturated carbocycles. The quantitative estimate of drug-likeness (QED) is 0.150. The third kappa shape index (κ3) is 13.6. The second-order valence-corrected chi connectivity index (χ2v) is 15.9. The number of hydrogen-bond donors (Lipinski definition) is 0. The Hall–Kier alpha value is -1.43. The van der Waals surface area contributed by atoms with Crippen LogP contribution in [0.4, 0.5) is 5.69 Å². The van der Waals surface area contributed by atoms with Crippen molar-refractivity contribution in [2.24, 2.45) is 0 Å². The van der Waals surface area contributed by atoms with Crippen LogP contribution in [-0.4, -0.2) is 21.1 Å². The minimum absolute atomic E-state index is 1.02. The molecular formula is C30H32Br2Cl2N3Ru-. The zero-order valence-electron chi connectivity index (χ0n) is 21.6. The number of benzene rings is 2. The number of aryl methyl sites for hydroxylation is 3. The summed E-state index contributed by atoms with van der Waals surface area (Å²) in [6.45, 7) is 10.1. The molecule has 1 aliphatic rings. The van der Waals surface area contributed by atoms with Gasteiger partial charge in [-0.25, -0.2) is 6.54 Å². The van der Waals surface area contributed by atoms with E-state index in [1.807, 2.05) is 59.2 Å². The number of hydrogen-bond acceptors (Lipinski definition) is 3. The van der Waals surface area contributed by atoms with Crippen molar-refractivity contribution in [2.45, 2.75) is 33.6 Å². The van der Waals surface area contributed by atoms with Crippen LogP contribution in [0.15, 0.2) is 100 Å². The summed E-state index contributed by atoms with van der Waals surface area (Å²) < 4.78 is 3.97. The van der Waals surface area contributed by atoms with E-state index in [9.17, 15) is 0 Å². The van der Waals surface area contributed by atoms with Crippen molar-refractivity contribution in [3.05, 3.63) is 129 Å². The molecule has 0 amide bonds. The molecule has 204 valence electrons. The van der Waals surface area contributed by atoms with E-state index in [0.717, 1.165) is 14.5 Å². The first-order valence-corrected chi connectivity index (χ1v) is 19.0. The maximum absolute atomic E-state index is 5.67. The summed E-state index contributed by atoms with van der Waals surface area (Å²) in [6, 6.07) is 22.1. The van der Waals surface area contributed by atoms with Crippen LogP contribution in [0.25, 0.3) is 0 Å². The molecule has 5 rings (SSSR count). The number of rotatable bonds is 2. The van der Waals surface area contributed by atoms with Gasteiger partial charge in [0.15, 0.2) is 0 Å². The van der Waals surface area contributed by atoms with E-state index in [1.165, 1.54) is 41.8 Å². The van der Waals surface area contributed by atoms with Crippen LogP contribution in [0.1, 0.15) is 35.1 Å². The van der Waals surface area contributed by atoms with Gasteiger partial charge in [0.2, 0.25) is 0 Å². The van der Waals surface area contributed by atoms with Crippen LogP contribution in [0.2, 0.25) is 0 Å². The molecule has 0 unspecified atom stereocenters. The van der Waals surface area contributed by atoms with E-state index >= 15 is 0 Å². The van der Waals surface area contributed by atoms with Gasteiger partial charge >= 0.3 is 73.4 Å². The van der Waals surface area contributed by atoms with Crippen molar-refractivity contribution in [1.29, 1.82) is 0 Å². The van der Waals surface area contributed by atoms with E-state index in [-0.39, 0.29) is 0 Å². The van der Waals surface area contributed by atoms with Gasteiger partial charge in [0.1, 0.15) is 0 Å². The zero-order valence-corrected chi connectivity index (χ0v) is 28.1. The van der Waals surface area contributed by atoms with Gasteiger partial charge in [-0.05, 0) is 94.6 Å². The van der Waals surface area contributed by atoms with Crippen LogP contribution < -0.4 is 4.90 Å². The molecule has 0 atom stereocenters. The van der Waals surface area contributed by atoms with Gasteiger partial charge in [0.05, 0.1) is 0 Å². The molecule has 0 bridgehead atoms. The monoisotopic (exact) mass is 764 g/mol. The fourth-order valence-corrected chi connectivity index (χ4v) is 6.09. The van der Waals surface area contributed by atoms with Crippen molar-refractivity contribution in [3.8, 4) is 0 Å². The van der Waals surface area contributed by atoms with E-state index < -0.39 is 13.5 Å². The first kappa shape index (κ1) is 32.8. The number of pyridine rings is 2. The molecule has 38 heavy (non-hydrogen) atoms. The minimum atomic E-state index is -1.61. The molecule has 0 spiro atoms. The van der Waals surface area contributed by atoms with Crippen molar-refractivity contribution < 1.29 is 13.5 Å². The Kier molecular flexibility index (Phi) is 16.2. The zero-order chi connectivity index (χ0) is 27.8. The molecule has 2 aromatic carbocycles. The normalized spacial score (nSPS) is 12.1. The molecular weight excluding hydrogens is 734 g/mol. The second kappa shape index (κ2) is 18.8. The molecule has 3 nitrogen and oxygen atoms in total. The molecule has 2 aromatic heterocycles. The standard InChI is InChI=1S/C13H18N.C7H6.2C5H4BrN.2ClH.Ru/c1-10-8-11(2)13(12(3)9-10)14-6-4-5-7-14;1-7-5-3-2-4-6-7;2*6-5-2-1-3-7-4-5;;;/h6,8-9H,4-5,7H2,1-3H3;1-6H;2*1-4H;2*1H;/q-1;;;;;;+2/p-2. The topological polar surface area (TPSA) is 29.0 Å². The fourth-order valence-electron chi connectivity index (χ4n) is 3.72. The average Bonchev–Trinajstić information content (AvgIpc) is 3.40. The van der Waals surface area contributed by atoms with E-state index in [1.54, 1.807) is 24.8 Å². The fraction of sp³-hybridized carbons (Fsp3) is 0.200. The van der Waals surface area contributed by atoms with Gasteiger partial charge in [-0.15, -0.1) is 0 Å². The van der Waals surface area contributed by atoms with Gasteiger partial charge in [-0.3, -0.25) is 9.97 Å². The Morgan fingerprint density at radius 3 is 1.76 bits per heavy atom. The molecule has 3 heterocycles. The predicted molar refractivity (Wildman–Crippen MR) is 169 cm³/mol. The van der Waals surface area contributed by atoms with Gasteiger partial charge in [0.25, 0.3) is 0 Å². The van der Waals surface area contributed by atoms with Crippen LogP contribution in [-0.2, 0) is 13.5 Å². The van der Waals surface area contributed by atoms with Crippen molar-refractivity contribution in [3.63, 3.8) is 0 Å². The summed E-state index contributed by atoms with van der Waals surface area (Å²) in [5, 5.41) is 0. The average molecular weight is 766 g/mol. The van der Waals surface area contributed by atoms with Gasteiger partial charge in [0, 0.05) is 39.4 Å². The number of halogens is 4. The Morgan fingerprint density at radius 1 is 0.842 bits per heavy atom. The van der Waals surface area contributed by atoms with E-state index in [4.69, 9.17) is 19.4 Å². The molecule has 8 heteroatoms. The maximum atomic E-state index is 5.67.